The predicted molar refractivity (Wildman–Crippen MR) is 36.1 cm³/mol. The highest BCUT2D eigenvalue weighted by Crippen LogP contribution is 2.24. The molecule has 3 heteroatoms. The number of hydrogen-bond acceptors (Lipinski definition) is 2. The van der Waals surface area contributed by atoms with Gasteiger partial charge in [0.05, 0.1) is 5.70 Å². The maximum Gasteiger partial charge on any atom is 0.277 e. The van der Waals surface area contributed by atoms with Crippen LogP contribution in [0.15, 0.2) is 23.4 Å². The lowest BCUT2D eigenvalue weighted by molar-refractivity contribution is -0.149. The van der Waals surface area contributed by atoms with E-state index in [1.807, 2.05) is 0 Å². The molecule has 10 heavy (non-hydrogen) atoms. The van der Waals surface area contributed by atoms with Crippen LogP contribution in [0.2, 0.25) is 0 Å². The molecule has 0 aromatic carbocycles. The van der Waals surface area contributed by atoms with Crippen LogP contribution in [0.5, 0.6) is 0 Å². The zero-order valence-electron chi connectivity index (χ0n) is 6.01. The predicted octanol–water partition coefficient (Wildman–Crippen LogP) is 1.07. The zero-order valence-corrected chi connectivity index (χ0v) is 6.01. The van der Waals surface area contributed by atoms with E-state index < -0.39 is 0 Å². The van der Waals surface area contributed by atoms with Gasteiger partial charge >= 0.3 is 0 Å². The molecule has 0 aromatic heterocycles. The summed E-state index contributed by atoms with van der Waals surface area (Å²) in [6.07, 6.45) is 0. The van der Waals surface area contributed by atoms with Gasteiger partial charge in [0.2, 0.25) is 0 Å². The Morgan fingerprint density at radius 2 is 1.90 bits per heavy atom. The van der Waals surface area contributed by atoms with Gasteiger partial charge in [0, 0.05) is 5.57 Å². The molecular weight excluding hydrogens is 130 g/mol. The topological polar surface area (TPSA) is 40.5 Å². The van der Waals surface area contributed by atoms with E-state index in [1.54, 1.807) is 13.8 Å². The van der Waals surface area contributed by atoms with Crippen LogP contribution in [0.3, 0.4) is 0 Å². The third-order valence-corrected chi connectivity index (χ3v) is 1.76. The van der Waals surface area contributed by atoms with E-state index >= 15 is 0 Å². The molecule has 54 valence electrons. The largest absolute Gasteiger partial charge is 0.281 e. The summed E-state index contributed by atoms with van der Waals surface area (Å²) in [5.74, 6) is -0.373. The third-order valence-electron chi connectivity index (χ3n) is 1.76. The van der Waals surface area contributed by atoms with Gasteiger partial charge in [-0.25, -0.2) is 0 Å². The summed E-state index contributed by atoms with van der Waals surface area (Å²) < 4.78 is 0. The Kier molecular flexibility index (Phi) is 1.37. The molecule has 1 aliphatic rings. The number of hydrogen-bond donors (Lipinski definition) is 1. The zero-order chi connectivity index (χ0) is 7.89. The van der Waals surface area contributed by atoms with Crippen molar-refractivity contribution in [1.29, 1.82) is 0 Å². The summed E-state index contributed by atoms with van der Waals surface area (Å²) in [5.41, 5.74) is 1.70. The molecular formula is C7H9NO2. The lowest BCUT2D eigenvalue weighted by Crippen LogP contribution is -2.20. The highest BCUT2D eigenvalue weighted by molar-refractivity contribution is 5.98. The van der Waals surface area contributed by atoms with Gasteiger partial charge in [-0.15, -0.1) is 0 Å². The van der Waals surface area contributed by atoms with E-state index in [2.05, 4.69) is 6.58 Å². The van der Waals surface area contributed by atoms with E-state index in [4.69, 9.17) is 5.21 Å². The normalized spacial score (nSPS) is 19.3. The van der Waals surface area contributed by atoms with E-state index in [0.717, 1.165) is 5.57 Å². The summed E-state index contributed by atoms with van der Waals surface area (Å²) in [4.78, 5) is 10.9. The highest BCUT2D eigenvalue weighted by Gasteiger charge is 2.26. The minimum Gasteiger partial charge on any atom is -0.281 e. The maximum atomic E-state index is 10.9. The van der Waals surface area contributed by atoms with E-state index in [1.165, 1.54) is 0 Å². The number of hydroxylamine groups is 2. The second-order valence-corrected chi connectivity index (χ2v) is 2.31. The summed E-state index contributed by atoms with van der Waals surface area (Å²) in [7, 11) is 0. The van der Waals surface area contributed by atoms with Crippen molar-refractivity contribution < 1.29 is 10.0 Å². The molecule has 0 saturated heterocycles. The van der Waals surface area contributed by atoms with Crippen molar-refractivity contribution >= 4 is 5.91 Å². The van der Waals surface area contributed by atoms with Crippen molar-refractivity contribution in [2.45, 2.75) is 13.8 Å². The van der Waals surface area contributed by atoms with Crippen molar-refractivity contribution in [3.8, 4) is 0 Å². The Morgan fingerprint density at radius 3 is 2.00 bits per heavy atom. The first-order chi connectivity index (χ1) is 4.55. The van der Waals surface area contributed by atoms with E-state index in [0.29, 0.717) is 16.3 Å². The van der Waals surface area contributed by atoms with Gasteiger partial charge < -0.3 is 0 Å². The van der Waals surface area contributed by atoms with Gasteiger partial charge in [0.1, 0.15) is 0 Å². The number of carbonyl (C=O) groups excluding carboxylic acids is 1. The van der Waals surface area contributed by atoms with E-state index in [9.17, 15) is 4.79 Å². The average molecular weight is 139 g/mol. The lowest BCUT2D eigenvalue weighted by atomic mass is 10.2. The monoisotopic (exact) mass is 139 g/mol. The van der Waals surface area contributed by atoms with Crippen LogP contribution in [0, 0.1) is 0 Å². The Labute approximate surface area is 59.2 Å². The molecule has 0 fully saturated rings. The third kappa shape index (κ3) is 0.675. The van der Waals surface area contributed by atoms with Crippen molar-refractivity contribution in [3.63, 3.8) is 0 Å². The van der Waals surface area contributed by atoms with Gasteiger partial charge in [-0.1, -0.05) is 6.58 Å². The molecule has 0 bridgehead atoms. The fourth-order valence-electron chi connectivity index (χ4n) is 0.817. The Bertz CT molecular complexity index is 216. The first-order valence-electron chi connectivity index (χ1n) is 2.95. The van der Waals surface area contributed by atoms with Gasteiger partial charge in [-0.3, -0.25) is 10.0 Å². The van der Waals surface area contributed by atoms with Crippen molar-refractivity contribution in [2.24, 2.45) is 0 Å². The van der Waals surface area contributed by atoms with Crippen LogP contribution in [-0.2, 0) is 4.79 Å². The van der Waals surface area contributed by atoms with Crippen LogP contribution in [-0.4, -0.2) is 16.2 Å². The summed E-state index contributed by atoms with van der Waals surface area (Å²) in [6.45, 7) is 6.94. The van der Waals surface area contributed by atoms with Crippen LogP contribution in [0.4, 0.5) is 0 Å². The molecule has 1 aliphatic heterocycles. The Balaban J connectivity index is 3.11. The van der Waals surface area contributed by atoms with Gasteiger partial charge in [0.15, 0.2) is 0 Å². The minimum absolute atomic E-state index is 0.373. The molecule has 0 atom stereocenters. The number of amides is 1. The molecule has 1 rings (SSSR count). The standard InChI is InChI=1S/C7H9NO2/c1-4-5(2)7(9)8(10)6(4)3/h10H,3H2,1-2H3. The Morgan fingerprint density at radius 1 is 1.40 bits per heavy atom. The smallest absolute Gasteiger partial charge is 0.277 e. The fourth-order valence-corrected chi connectivity index (χ4v) is 0.817. The number of rotatable bonds is 0. The van der Waals surface area contributed by atoms with Crippen LogP contribution in [0.1, 0.15) is 13.8 Å². The lowest BCUT2D eigenvalue weighted by Gasteiger charge is -2.06. The van der Waals surface area contributed by atoms with E-state index in [-0.39, 0.29) is 5.91 Å². The number of carbonyl (C=O) groups is 1. The van der Waals surface area contributed by atoms with Gasteiger partial charge in [0.25, 0.3) is 5.91 Å². The molecule has 1 N–H and O–H groups in total. The van der Waals surface area contributed by atoms with Crippen LogP contribution >= 0.6 is 0 Å². The molecule has 0 radical (unpaired) electrons. The first kappa shape index (κ1) is 7.02. The maximum absolute atomic E-state index is 10.9. The van der Waals surface area contributed by atoms with Crippen molar-refractivity contribution in [2.75, 3.05) is 0 Å². The molecule has 0 saturated carbocycles. The summed E-state index contributed by atoms with van der Waals surface area (Å²) >= 11 is 0. The van der Waals surface area contributed by atoms with Crippen LogP contribution < -0.4 is 0 Å². The van der Waals surface area contributed by atoms with Crippen molar-refractivity contribution in [1.82, 2.24) is 5.06 Å². The molecule has 0 spiro atoms. The Hall–Kier alpha value is -1.09. The molecule has 0 unspecified atom stereocenters. The number of allylic oxidation sites excluding steroid dienone is 1. The number of nitrogens with zero attached hydrogens (tertiary/aromatic N) is 1. The van der Waals surface area contributed by atoms with Crippen molar-refractivity contribution in [3.05, 3.63) is 23.4 Å². The molecule has 1 amide bonds. The second-order valence-electron chi connectivity index (χ2n) is 2.31. The molecule has 0 aromatic rings. The summed E-state index contributed by atoms with van der Waals surface area (Å²) in [5, 5.41) is 9.52. The molecule has 0 aliphatic carbocycles. The highest BCUT2D eigenvalue weighted by atomic mass is 16.5. The first-order valence-corrected chi connectivity index (χ1v) is 2.95. The SMILES string of the molecule is C=C1C(C)=C(C)C(=O)N1O. The van der Waals surface area contributed by atoms with Gasteiger partial charge in [-0.05, 0) is 19.4 Å². The molecule has 3 nitrogen and oxygen atoms in total. The minimum atomic E-state index is -0.373. The van der Waals surface area contributed by atoms with Crippen LogP contribution in [0.25, 0.3) is 0 Å². The second kappa shape index (κ2) is 1.95. The summed E-state index contributed by atoms with van der Waals surface area (Å²) in [6, 6.07) is 0. The van der Waals surface area contributed by atoms with Gasteiger partial charge in [-0.2, -0.15) is 5.06 Å². The fraction of sp³-hybridized carbons (Fsp3) is 0.286. The molecule has 1 heterocycles. The average Bonchev–Trinajstić information content (AvgIpc) is 2.07. The quantitative estimate of drug-likeness (QED) is 0.510.